The Kier molecular flexibility index (Phi) is 5.86. The molecule has 0 spiro atoms. The summed E-state index contributed by atoms with van der Waals surface area (Å²) in [6.07, 6.45) is 2.88. The maximum atomic E-state index is 10.3. The van der Waals surface area contributed by atoms with Crippen molar-refractivity contribution in [2.45, 2.75) is 44.1 Å². The van der Waals surface area contributed by atoms with Gasteiger partial charge in [-0.3, -0.25) is 0 Å². The van der Waals surface area contributed by atoms with E-state index in [1.54, 1.807) is 11.3 Å². The highest BCUT2D eigenvalue weighted by molar-refractivity contribution is 7.22. The number of nitrogens with zero attached hydrogens (tertiary/aromatic N) is 4. The van der Waals surface area contributed by atoms with Crippen LogP contribution in [-0.4, -0.2) is 69.3 Å². The first kappa shape index (κ1) is 21.8. The van der Waals surface area contributed by atoms with Crippen molar-refractivity contribution in [3.8, 4) is 0 Å². The normalized spacial score (nSPS) is 23.6. The fourth-order valence-electron chi connectivity index (χ4n) is 4.99. The van der Waals surface area contributed by atoms with Crippen LogP contribution in [0.5, 0.6) is 0 Å². The van der Waals surface area contributed by atoms with Gasteiger partial charge in [0.1, 0.15) is 0 Å². The first-order valence-electron chi connectivity index (χ1n) is 11.9. The van der Waals surface area contributed by atoms with E-state index in [4.69, 9.17) is 9.72 Å². The number of aliphatic hydroxyl groups is 2. The molecule has 178 valence electrons. The van der Waals surface area contributed by atoms with Crippen molar-refractivity contribution in [2.75, 3.05) is 36.5 Å². The molecule has 1 saturated heterocycles. The third-order valence-corrected chi connectivity index (χ3v) is 7.87. The summed E-state index contributed by atoms with van der Waals surface area (Å²) in [6.45, 7) is 4.11. The molecule has 2 fully saturated rings. The molecule has 3 N–H and O–H groups in total. The van der Waals surface area contributed by atoms with Crippen LogP contribution in [-0.2, 0) is 11.3 Å². The van der Waals surface area contributed by atoms with Crippen molar-refractivity contribution >= 4 is 43.4 Å². The molecule has 9 heteroatoms. The number of hydrogen-bond acceptors (Lipinski definition) is 8. The standard InChI is InChI=1S/C25H29N5O3S/c31-22-3-1-2-19(24(22)32)28-25-27-18-6-4-16(12-23(18)34-25)14-30-15-26-20-13-17(5-7-21(20)30)29-8-10-33-11-9-29/h4-7,12-13,15,19,22,24,31-32H,1-3,8-11,14H2,(H,27,28)/t19-,22-,24+/m1/s1. The zero-order chi connectivity index (χ0) is 23.1. The zero-order valence-corrected chi connectivity index (χ0v) is 19.7. The maximum absolute atomic E-state index is 10.3. The molecule has 2 aliphatic rings. The second kappa shape index (κ2) is 9.14. The molecule has 2 aromatic heterocycles. The predicted octanol–water partition coefficient (Wildman–Crippen LogP) is 3.22. The zero-order valence-electron chi connectivity index (χ0n) is 18.9. The Labute approximate surface area is 201 Å². The van der Waals surface area contributed by atoms with Gasteiger partial charge in [0.15, 0.2) is 5.13 Å². The number of hydrogen-bond donors (Lipinski definition) is 3. The van der Waals surface area contributed by atoms with Crippen molar-refractivity contribution in [1.29, 1.82) is 0 Å². The van der Waals surface area contributed by atoms with Crippen molar-refractivity contribution in [2.24, 2.45) is 0 Å². The first-order valence-corrected chi connectivity index (χ1v) is 12.8. The molecular formula is C25H29N5O3S. The Balaban J connectivity index is 1.19. The summed E-state index contributed by atoms with van der Waals surface area (Å²) in [5.74, 6) is 0. The molecule has 1 aliphatic carbocycles. The number of aliphatic hydroxyl groups excluding tert-OH is 2. The SMILES string of the molecule is O[C@@H]1[C@H](O)CCC[C@H]1Nc1nc2ccc(Cn3cnc4cc(N5CCOCC5)ccc43)cc2s1. The van der Waals surface area contributed by atoms with Crippen LogP contribution in [0.4, 0.5) is 10.8 Å². The van der Waals surface area contributed by atoms with Gasteiger partial charge in [0, 0.05) is 25.3 Å². The summed E-state index contributed by atoms with van der Waals surface area (Å²) in [6, 6.07) is 12.7. The van der Waals surface area contributed by atoms with Gasteiger partial charge >= 0.3 is 0 Å². The Morgan fingerprint density at radius 1 is 1.06 bits per heavy atom. The monoisotopic (exact) mass is 479 g/mol. The quantitative estimate of drug-likeness (QED) is 0.405. The number of nitrogens with one attached hydrogen (secondary N) is 1. The van der Waals surface area contributed by atoms with E-state index in [9.17, 15) is 10.2 Å². The molecule has 1 aliphatic heterocycles. The molecule has 6 rings (SSSR count). The number of rotatable bonds is 5. The molecule has 34 heavy (non-hydrogen) atoms. The van der Waals surface area contributed by atoms with E-state index < -0.39 is 12.2 Å². The van der Waals surface area contributed by atoms with Gasteiger partial charge in [-0.15, -0.1) is 0 Å². The van der Waals surface area contributed by atoms with Crippen molar-refractivity contribution in [1.82, 2.24) is 14.5 Å². The molecule has 0 amide bonds. The van der Waals surface area contributed by atoms with Gasteiger partial charge in [0.25, 0.3) is 0 Å². The topological polar surface area (TPSA) is 95.7 Å². The minimum Gasteiger partial charge on any atom is -0.390 e. The Morgan fingerprint density at radius 3 is 2.82 bits per heavy atom. The van der Waals surface area contributed by atoms with Gasteiger partial charge in [0.05, 0.1) is 59.0 Å². The Bertz CT molecular complexity index is 1300. The Morgan fingerprint density at radius 2 is 1.94 bits per heavy atom. The lowest BCUT2D eigenvalue weighted by atomic mass is 9.90. The van der Waals surface area contributed by atoms with Gasteiger partial charge in [-0.2, -0.15) is 0 Å². The summed E-state index contributed by atoms with van der Waals surface area (Å²) >= 11 is 1.59. The summed E-state index contributed by atoms with van der Waals surface area (Å²) in [4.78, 5) is 11.7. The van der Waals surface area contributed by atoms with E-state index in [-0.39, 0.29) is 6.04 Å². The number of anilines is 2. The first-order chi connectivity index (χ1) is 16.6. The average Bonchev–Trinajstić information content (AvgIpc) is 3.45. The largest absolute Gasteiger partial charge is 0.390 e. The molecule has 1 saturated carbocycles. The molecule has 2 aromatic carbocycles. The molecular weight excluding hydrogens is 450 g/mol. The summed E-state index contributed by atoms with van der Waals surface area (Å²) in [5, 5.41) is 24.4. The maximum Gasteiger partial charge on any atom is 0.184 e. The van der Waals surface area contributed by atoms with Gasteiger partial charge in [0.2, 0.25) is 0 Å². The third-order valence-electron chi connectivity index (χ3n) is 6.92. The number of thiazole rings is 1. The van der Waals surface area contributed by atoms with E-state index >= 15 is 0 Å². The second-order valence-corrected chi connectivity index (χ2v) is 10.2. The van der Waals surface area contributed by atoms with Crippen molar-refractivity contribution < 1.29 is 14.9 Å². The lowest BCUT2D eigenvalue weighted by Crippen LogP contribution is -2.45. The van der Waals surface area contributed by atoms with Crippen LogP contribution in [0.1, 0.15) is 24.8 Å². The number of fused-ring (bicyclic) bond motifs is 2. The number of morpholine rings is 1. The molecule has 0 radical (unpaired) electrons. The Hall–Kier alpha value is -2.72. The molecule has 8 nitrogen and oxygen atoms in total. The highest BCUT2D eigenvalue weighted by Crippen LogP contribution is 2.30. The van der Waals surface area contributed by atoms with E-state index in [1.165, 1.54) is 11.3 Å². The van der Waals surface area contributed by atoms with E-state index in [0.717, 1.165) is 72.1 Å². The van der Waals surface area contributed by atoms with Crippen molar-refractivity contribution in [3.05, 3.63) is 48.3 Å². The van der Waals surface area contributed by atoms with Crippen LogP contribution in [0.25, 0.3) is 21.3 Å². The number of benzene rings is 2. The van der Waals surface area contributed by atoms with E-state index in [2.05, 4.69) is 50.1 Å². The fraction of sp³-hybridized carbons (Fsp3) is 0.440. The fourth-order valence-corrected chi connectivity index (χ4v) is 5.99. The highest BCUT2D eigenvalue weighted by atomic mass is 32.1. The van der Waals surface area contributed by atoms with Crippen LogP contribution < -0.4 is 10.2 Å². The number of aromatic nitrogens is 3. The summed E-state index contributed by atoms with van der Waals surface area (Å²) in [7, 11) is 0. The smallest absolute Gasteiger partial charge is 0.184 e. The van der Waals surface area contributed by atoms with Gasteiger partial charge in [-0.05, 0) is 55.2 Å². The van der Waals surface area contributed by atoms with Crippen LogP contribution in [0.3, 0.4) is 0 Å². The van der Waals surface area contributed by atoms with Gasteiger partial charge < -0.3 is 29.7 Å². The van der Waals surface area contributed by atoms with E-state index in [1.807, 2.05) is 12.4 Å². The lowest BCUT2D eigenvalue weighted by Gasteiger charge is -2.32. The third kappa shape index (κ3) is 4.24. The lowest BCUT2D eigenvalue weighted by molar-refractivity contribution is -0.0161. The van der Waals surface area contributed by atoms with Crippen molar-refractivity contribution in [3.63, 3.8) is 0 Å². The molecule has 0 unspecified atom stereocenters. The molecule has 3 atom stereocenters. The van der Waals surface area contributed by atoms with Gasteiger partial charge in [-0.1, -0.05) is 17.4 Å². The van der Waals surface area contributed by atoms with Crippen LogP contribution in [0.2, 0.25) is 0 Å². The van der Waals surface area contributed by atoms with E-state index in [0.29, 0.717) is 6.42 Å². The predicted molar refractivity (Wildman–Crippen MR) is 135 cm³/mol. The number of imidazole rings is 1. The van der Waals surface area contributed by atoms with Crippen LogP contribution in [0, 0.1) is 0 Å². The van der Waals surface area contributed by atoms with Crippen LogP contribution in [0.15, 0.2) is 42.7 Å². The minimum absolute atomic E-state index is 0.163. The average molecular weight is 480 g/mol. The second-order valence-electron chi connectivity index (χ2n) is 9.21. The summed E-state index contributed by atoms with van der Waals surface area (Å²) in [5.41, 5.74) is 5.44. The molecule has 3 heterocycles. The van der Waals surface area contributed by atoms with Crippen LogP contribution >= 0.6 is 11.3 Å². The number of ether oxygens (including phenoxy) is 1. The molecule has 0 bridgehead atoms. The molecule has 4 aromatic rings. The highest BCUT2D eigenvalue weighted by Gasteiger charge is 2.30. The minimum atomic E-state index is -0.755. The van der Waals surface area contributed by atoms with Gasteiger partial charge in [-0.25, -0.2) is 9.97 Å². The summed E-state index contributed by atoms with van der Waals surface area (Å²) < 4.78 is 8.75.